The number of carboxylic acids is 1. The van der Waals surface area contributed by atoms with Crippen LogP contribution in [0.25, 0.3) is 21.1 Å². The SMILES string of the molecule is O=C(O)Cn1nnc(-c2ccc(-c3ccc(Oc4cc(F)ccc4Cl)cc3)s2)n1. The second kappa shape index (κ2) is 7.98. The van der Waals surface area contributed by atoms with E-state index in [-0.39, 0.29) is 12.3 Å². The first-order chi connectivity index (χ1) is 14.0. The maximum Gasteiger partial charge on any atom is 0.327 e. The van der Waals surface area contributed by atoms with Crippen molar-refractivity contribution in [3.05, 3.63) is 65.4 Å². The van der Waals surface area contributed by atoms with E-state index in [1.54, 1.807) is 12.1 Å². The van der Waals surface area contributed by atoms with Gasteiger partial charge in [0.2, 0.25) is 5.82 Å². The first kappa shape index (κ1) is 19.0. The molecule has 0 spiro atoms. The Balaban J connectivity index is 1.50. The maximum atomic E-state index is 13.4. The Morgan fingerprint density at radius 1 is 1.14 bits per heavy atom. The van der Waals surface area contributed by atoms with Crippen LogP contribution in [0, 0.1) is 5.82 Å². The van der Waals surface area contributed by atoms with Gasteiger partial charge in [-0.3, -0.25) is 4.79 Å². The summed E-state index contributed by atoms with van der Waals surface area (Å²) in [6, 6.07) is 15.0. The van der Waals surface area contributed by atoms with Crippen molar-refractivity contribution in [1.29, 1.82) is 0 Å². The highest BCUT2D eigenvalue weighted by Gasteiger charge is 2.12. The van der Waals surface area contributed by atoms with Crippen molar-refractivity contribution in [3.63, 3.8) is 0 Å². The predicted octanol–water partition coefficient (Wildman–Crippen LogP) is 4.74. The molecule has 29 heavy (non-hydrogen) atoms. The number of aliphatic carboxylic acids is 1. The molecule has 4 rings (SSSR count). The van der Waals surface area contributed by atoms with Gasteiger partial charge in [0, 0.05) is 10.9 Å². The molecule has 0 bridgehead atoms. The van der Waals surface area contributed by atoms with Crippen molar-refractivity contribution < 1.29 is 19.0 Å². The molecule has 2 heterocycles. The number of tetrazole rings is 1. The van der Waals surface area contributed by atoms with Crippen LogP contribution in [0.15, 0.2) is 54.6 Å². The first-order valence-electron chi connectivity index (χ1n) is 8.31. The van der Waals surface area contributed by atoms with Gasteiger partial charge in [0.1, 0.15) is 17.3 Å². The average Bonchev–Trinajstić information content (AvgIpc) is 3.34. The second-order valence-electron chi connectivity index (χ2n) is 5.90. The van der Waals surface area contributed by atoms with Gasteiger partial charge in [0.25, 0.3) is 0 Å². The van der Waals surface area contributed by atoms with E-state index in [1.165, 1.54) is 29.5 Å². The van der Waals surface area contributed by atoms with E-state index < -0.39 is 11.8 Å². The number of halogens is 2. The molecule has 1 N–H and O–H groups in total. The highest BCUT2D eigenvalue weighted by Crippen LogP contribution is 2.35. The first-order valence-corrected chi connectivity index (χ1v) is 9.50. The van der Waals surface area contributed by atoms with E-state index in [2.05, 4.69) is 15.4 Å². The highest BCUT2D eigenvalue weighted by molar-refractivity contribution is 7.18. The molecule has 0 fully saturated rings. The summed E-state index contributed by atoms with van der Waals surface area (Å²) in [7, 11) is 0. The topological polar surface area (TPSA) is 90.1 Å². The number of thiophene rings is 1. The second-order valence-corrected chi connectivity index (χ2v) is 7.39. The molecule has 0 saturated carbocycles. The van der Waals surface area contributed by atoms with Gasteiger partial charge in [-0.2, -0.15) is 4.80 Å². The van der Waals surface area contributed by atoms with Crippen LogP contribution in [0.4, 0.5) is 4.39 Å². The third-order valence-electron chi connectivity index (χ3n) is 3.82. The van der Waals surface area contributed by atoms with E-state index in [0.717, 1.165) is 20.1 Å². The average molecular weight is 431 g/mol. The van der Waals surface area contributed by atoms with Crippen LogP contribution in [-0.4, -0.2) is 31.3 Å². The van der Waals surface area contributed by atoms with Gasteiger partial charge in [0.15, 0.2) is 6.54 Å². The zero-order valence-corrected chi connectivity index (χ0v) is 16.2. The number of ether oxygens (including phenoxy) is 1. The van der Waals surface area contributed by atoms with E-state index >= 15 is 0 Å². The molecule has 2 aromatic heterocycles. The number of benzene rings is 2. The van der Waals surface area contributed by atoms with Gasteiger partial charge < -0.3 is 9.84 Å². The molecule has 0 amide bonds. The van der Waals surface area contributed by atoms with E-state index in [4.69, 9.17) is 21.4 Å². The molecule has 10 heteroatoms. The van der Waals surface area contributed by atoms with Gasteiger partial charge in [0.05, 0.1) is 9.90 Å². The zero-order chi connectivity index (χ0) is 20.4. The fourth-order valence-corrected chi connectivity index (χ4v) is 3.60. The molecule has 146 valence electrons. The summed E-state index contributed by atoms with van der Waals surface area (Å²) in [6.07, 6.45) is 0. The zero-order valence-electron chi connectivity index (χ0n) is 14.6. The molecule has 0 saturated heterocycles. The van der Waals surface area contributed by atoms with Gasteiger partial charge >= 0.3 is 5.97 Å². The molecule has 0 unspecified atom stereocenters. The molecular weight excluding hydrogens is 419 g/mol. The minimum atomic E-state index is -1.04. The number of carbonyl (C=O) groups is 1. The summed E-state index contributed by atoms with van der Waals surface area (Å²) in [5.41, 5.74) is 0.942. The lowest BCUT2D eigenvalue weighted by Gasteiger charge is -2.08. The molecule has 2 aromatic carbocycles. The largest absolute Gasteiger partial charge is 0.480 e. The van der Waals surface area contributed by atoms with Crippen LogP contribution >= 0.6 is 22.9 Å². The fourth-order valence-electron chi connectivity index (χ4n) is 2.51. The Hall–Kier alpha value is -3.30. The van der Waals surface area contributed by atoms with Crippen molar-refractivity contribution >= 4 is 28.9 Å². The Bertz CT molecular complexity index is 1180. The van der Waals surface area contributed by atoms with E-state index in [1.807, 2.05) is 24.3 Å². The number of nitrogens with zero attached hydrogens (tertiary/aromatic N) is 4. The number of hydrogen-bond donors (Lipinski definition) is 1. The van der Waals surface area contributed by atoms with Crippen molar-refractivity contribution in [3.8, 4) is 32.6 Å². The number of rotatable bonds is 6. The van der Waals surface area contributed by atoms with Crippen molar-refractivity contribution in [2.45, 2.75) is 6.54 Å². The predicted molar refractivity (Wildman–Crippen MR) is 106 cm³/mol. The molecule has 0 atom stereocenters. The van der Waals surface area contributed by atoms with Gasteiger partial charge in [-0.25, -0.2) is 4.39 Å². The molecule has 0 radical (unpaired) electrons. The normalized spacial score (nSPS) is 10.8. The van der Waals surface area contributed by atoms with Gasteiger partial charge in [-0.05, 0) is 59.3 Å². The van der Waals surface area contributed by atoms with Crippen molar-refractivity contribution in [2.75, 3.05) is 0 Å². The quantitative estimate of drug-likeness (QED) is 0.475. The molecular formula is C19H12ClFN4O3S. The Kier molecular flexibility index (Phi) is 5.24. The third-order valence-corrected chi connectivity index (χ3v) is 5.26. The van der Waals surface area contributed by atoms with Crippen LogP contribution < -0.4 is 4.74 Å². The van der Waals surface area contributed by atoms with Gasteiger partial charge in [-0.15, -0.1) is 21.5 Å². The highest BCUT2D eigenvalue weighted by atomic mass is 35.5. The summed E-state index contributed by atoms with van der Waals surface area (Å²) in [4.78, 5) is 13.5. The summed E-state index contributed by atoms with van der Waals surface area (Å²) >= 11 is 7.47. The summed E-state index contributed by atoms with van der Waals surface area (Å²) in [6.45, 7) is -0.345. The summed E-state index contributed by atoms with van der Waals surface area (Å²) in [5, 5.41) is 20.8. The lowest BCUT2D eigenvalue weighted by molar-refractivity contribution is -0.138. The lowest BCUT2D eigenvalue weighted by atomic mass is 10.2. The minimum absolute atomic E-state index is 0.244. The molecule has 0 aliphatic carbocycles. The standard InChI is InChI=1S/C19H12ClFN4O3S/c20-14-6-3-12(21)9-15(14)28-13-4-1-11(2-5-13)16-7-8-17(29-16)19-22-24-25(23-19)10-18(26)27/h1-9H,10H2,(H,26,27). The van der Waals surface area contributed by atoms with E-state index in [9.17, 15) is 9.18 Å². The van der Waals surface area contributed by atoms with Gasteiger partial charge in [-0.1, -0.05) is 11.6 Å². The Morgan fingerprint density at radius 2 is 1.90 bits per heavy atom. The monoisotopic (exact) mass is 430 g/mol. The molecule has 4 aromatic rings. The molecule has 0 aliphatic heterocycles. The summed E-state index contributed by atoms with van der Waals surface area (Å²) < 4.78 is 19.0. The van der Waals surface area contributed by atoms with Crippen molar-refractivity contribution in [2.24, 2.45) is 0 Å². The van der Waals surface area contributed by atoms with Crippen molar-refractivity contribution in [1.82, 2.24) is 20.2 Å². The lowest BCUT2D eigenvalue weighted by Crippen LogP contribution is -2.11. The molecule has 0 aliphatic rings. The summed E-state index contributed by atoms with van der Waals surface area (Å²) in [5.74, 6) is -0.337. The Labute approximate surface area is 172 Å². The third kappa shape index (κ3) is 4.41. The van der Waals surface area contributed by atoms with Crippen LogP contribution in [0.3, 0.4) is 0 Å². The van der Waals surface area contributed by atoms with Crippen LogP contribution in [0.5, 0.6) is 11.5 Å². The van der Waals surface area contributed by atoms with Crippen LogP contribution in [-0.2, 0) is 11.3 Å². The number of carboxylic acid groups (broad SMARTS) is 1. The number of hydrogen-bond acceptors (Lipinski definition) is 6. The minimum Gasteiger partial charge on any atom is -0.480 e. The maximum absolute atomic E-state index is 13.4. The molecule has 7 nitrogen and oxygen atoms in total. The fraction of sp³-hybridized carbons (Fsp3) is 0.0526. The Morgan fingerprint density at radius 3 is 2.66 bits per heavy atom. The van der Waals surface area contributed by atoms with Crippen LogP contribution in [0.2, 0.25) is 5.02 Å². The van der Waals surface area contributed by atoms with E-state index in [0.29, 0.717) is 16.6 Å². The smallest absolute Gasteiger partial charge is 0.327 e. The number of aromatic nitrogens is 4. The van der Waals surface area contributed by atoms with Crippen LogP contribution in [0.1, 0.15) is 0 Å².